The molecule has 0 saturated carbocycles. The van der Waals surface area contributed by atoms with E-state index in [1.807, 2.05) is 6.92 Å². The van der Waals surface area contributed by atoms with E-state index >= 15 is 0 Å². The van der Waals surface area contributed by atoms with Crippen molar-refractivity contribution in [2.45, 2.75) is 19.1 Å². The summed E-state index contributed by atoms with van der Waals surface area (Å²) in [4.78, 5) is 8.99. The molecule has 1 N–H and O–H groups in total. The average Bonchev–Trinajstić information content (AvgIpc) is 2.89. The predicted octanol–water partition coefficient (Wildman–Crippen LogP) is 3.24. The van der Waals surface area contributed by atoms with Crippen molar-refractivity contribution in [3.63, 3.8) is 0 Å². The second-order valence-corrected chi connectivity index (χ2v) is 5.54. The molecule has 1 unspecified atom stereocenters. The van der Waals surface area contributed by atoms with Crippen molar-refractivity contribution in [3.05, 3.63) is 32.2 Å². The predicted molar refractivity (Wildman–Crippen MR) is 64.9 cm³/mol. The first kappa shape index (κ1) is 13.4. The SMILES string of the molecule is CNC(c1cnc(C(F)(F)F)s1)c1scnc1C. The molecule has 0 radical (unpaired) electrons. The molecule has 2 aromatic rings. The Labute approximate surface area is 110 Å². The standard InChI is InChI=1S/C10H10F3N3S2/c1-5-8(17-4-16-5)7(14-2)6-3-15-9(18-6)10(11,12)13/h3-4,7,14H,1-2H3. The number of hydrogen-bond acceptors (Lipinski definition) is 5. The van der Waals surface area contributed by atoms with Crippen LogP contribution in [0, 0.1) is 6.92 Å². The number of rotatable bonds is 3. The molecule has 2 aromatic heterocycles. The van der Waals surface area contributed by atoms with Gasteiger partial charge in [-0.3, -0.25) is 0 Å². The molecule has 3 nitrogen and oxygen atoms in total. The highest BCUT2D eigenvalue weighted by Crippen LogP contribution is 2.37. The number of aromatic nitrogens is 2. The number of alkyl halides is 3. The van der Waals surface area contributed by atoms with Gasteiger partial charge in [0.1, 0.15) is 0 Å². The zero-order valence-electron chi connectivity index (χ0n) is 9.58. The quantitative estimate of drug-likeness (QED) is 0.944. The molecule has 0 saturated heterocycles. The van der Waals surface area contributed by atoms with E-state index in [0.29, 0.717) is 16.2 Å². The van der Waals surface area contributed by atoms with E-state index in [-0.39, 0.29) is 6.04 Å². The molecule has 18 heavy (non-hydrogen) atoms. The van der Waals surface area contributed by atoms with Gasteiger partial charge in [-0.1, -0.05) is 0 Å². The summed E-state index contributed by atoms with van der Waals surface area (Å²) in [6.07, 6.45) is -3.11. The van der Waals surface area contributed by atoms with Crippen LogP contribution in [0.1, 0.15) is 26.5 Å². The Bertz CT molecular complexity index is 532. The van der Waals surface area contributed by atoms with Crippen molar-refractivity contribution >= 4 is 22.7 Å². The van der Waals surface area contributed by atoms with E-state index in [9.17, 15) is 13.2 Å². The highest BCUT2D eigenvalue weighted by molar-refractivity contribution is 7.12. The van der Waals surface area contributed by atoms with Crippen molar-refractivity contribution in [3.8, 4) is 0 Å². The van der Waals surface area contributed by atoms with Gasteiger partial charge in [-0.15, -0.1) is 22.7 Å². The third kappa shape index (κ3) is 2.55. The van der Waals surface area contributed by atoms with Gasteiger partial charge in [0.25, 0.3) is 0 Å². The third-order valence-corrected chi connectivity index (χ3v) is 4.49. The molecule has 2 heterocycles. The van der Waals surface area contributed by atoms with Crippen LogP contribution >= 0.6 is 22.7 Å². The normalized spacial score (nSPS) is 13.8. The summed E-state index contributed by atoms with van der Waals surface area (Å²) < 4.78 is 37.5. The van der Waals surface area contributed by atoms with Crippen molar-refractivity contribution in [1.29, 1.82) is 0 Å². The van der Waals surface area contributed by atoms with Crippen LogP contribution in [0.3, 0.4) is 0 Å². The van der Waals surface area contributed by atoms with Crippen LogP contribution in [0.2, 0.25) is 0 Å². The smallest absolute Gasteiger partial charge is 0.308 e. The first-order valence-electron chi connectivity index (χ1n) is 5.03. The minimum atomic E-state index is -4.38. The summed E-state index contributed by atoms with van der Waals surface area (Å²) in [6.45, 7) is 1.84. The summed E-state index contributed by atoms with van der Waals surface area (Å²) in [7, 11) is 1.71. The van der Waals surface area contributed by atoms with Crippen LogP contribution < -0.4 is 5.32 Å². The van der Waals surface area contributed by atoms with Gasteiger partial charge in [-0.2, -0.15) is 13.2 Å². The van der Waals surface area contributed by atoms with Crippen molar-refractivity contribution in [1.82, 2.24) is 15.3 Å². The van der Waals surface area contributed by atoms with Crippen LogP contribution in [-0.4, -0.2) is 17.0 Å². The Kier molecular flexibility index (Phi) is 3.69. The fraction of sp³-hybridized carbons (Fsp3) is 0.400. The highest BCUT2D eigenvalue weighted by atomic mass is 32.1. The maximum Gasteiger partial charge on any atom is 0.443 e. The lowest BCUT2D eigenvalue weighted by molar-refractivity contribution is -0.137. The first-order valence-corrected chi connectivity index (χ1v) is 6.73. The molecule has 2 rings (SSSR count). The lowest BCUT2D eigenvalue weighted by atomic mass is 10.2. The van der Waals surface area contributed by atoms with Gasteiger partial charge >= 0.3 is 6.18 Å². The fourth-order valence-corrected chi connectivity index (χ4v) is 3.45. The summed E-state index contributed by atoms with van der Waals surface area (Å²) in [6, 6.07) is -0.286. The van der Waals surface area contributed by atoms with Gasteiger partial charge in [0.15, 0.2) is 5.01 Å². The first-order chi connectivity index (χ1) is 8.43. The second-order valence-electron chi connectivity index (χ2n) is 3.59. The largest absolute Gasteiger partial charge is 0.443 e. The number of halogens is 3. The summed E-state index contributed by atoms with van der Waals surface area (Å²) >= 11 is 2.08. The number of thiazole rings is 2. The number of aryl methyl sites for hydroxylation is 1. The average molecular weight is 293 g/mol. The molecular formula is C10H10F3N3S2. The van der Waals surface area contributed by atoms with E-state index in [0.717, 1.165) is 10.6 Å². The van der Waals surface area contributed by atoms with Crippen LogP contribution in [0.5, 0.6) is 0 Å². The van der Waals surface area contributed by atoms with Gasteiger partial charge < -0.3 is 5.32 Å². The minimum absolute atomic E-state index is 0.286. The molecule has 0 amide bonds. The topological polar surface area (TPSA) is 37.8 Å². The van der Waals surface area contributed by atoms with Gasteiger partial charge in [0.05, 0.1) is 17.2 Å². The molecule has 1 atom stereocenters. The van der Waals surface area contributed by atoms with E-state index in [1.54, 1.807) is 12.6 Å². The van der Waals surface area contributed by atoms with E-state index < -0.39 is 11.2 Å². The number of nitrogens with one attached hydrogen (secondary N) is 1. The fourth-order valence-electron chi connectivity index (χ4n) is 1.54. The molecule has 98 valence electrons. The van der Waals surface area contributed by atoms with Crippen LogP contribution in [0.4, 0.5) is 13.2 Å². The Balaban J connectivity index is 2.35. The Morgan fingerprint density at radius 2 is 2.06 bits per heavy atom. The third-order valence-electron chi connectivity index (χ3n) is 2.38. The van der Waals surface area contributed by atoms with E-state index in [1.165, 1.54) is 17.5 Å². The summed E-state index contributed by atoms with van der Waals surface area (Å²) in [5.41, 5.74) is 2.50. The molecule has 8 heteroatoms. The van der Waals surface area contributed by atoms with Crippen LogP contribution in [0.15, 0.2) is 11.7 Å². The number of hydrogen-bond donors (Lipinski definition) is 1. The molecule has 0 aliphatic carbocycles. The van der Waals surface area contributed by atoms with Gasteiger partial charge in [-0.05, 0) is 14.0 Å². The molecule has 0 fully saturated rings. The highest BCUT2D eigenvalue weighted by Gasteiger charge is 2.35. The number of nitrogens with zero attached hydrogens (tertiary/aromatic N) is 2. The van der Waals surface area contributed by atoms with Crippen LogP contribution in [-0.2, 0) is 6.18 Å². The Hall–Kier alpha value is -0.990. The maximum atomic E-state index is 12.5. The maximum absolute atomic E-state index is 12.5. The Morgan fingerprint density at radius 3 is 2.50 bits per heavy atom. The van der Waals surface area contributed by atoms with Crippen molar-refractivity contribution in [2.24, 2.45) is 0 Å². The molecular weight excluding hydrogens is 283 g/mol. The molecule has 0 spiro atoms. The summed E-state index contributed by atoms with van der Waals surface area (Å²) in [5, 5.41) is 2.18. The second kappa shape index (κ2) is 4.94. The zero-order valence-corrected chi connectivity index (χ0v) is 11.2. The van der Waals surface area contributed by atoms with Crippen molar-refractivity contribution < 1.29 is 13.2 Å². The van der Waals surface area contributed by atoms with Crippen molar-refractivity contribution in [2.75, 3.05) is 7.05 Å². The molecule has 0 aliphatic heterocycles. The Morgan fingerprint density at radius 1 is 1.33 bits per heavy atom. The van der Waals surface area contributed by atoms with Crippen LogP contribution in [0.25, 0.3) is 0 Å². The van der Waals surface area contributed by atoms with Gasteiger partial charge in [0, 0.05) is 16.0 Å². The molecule has 0 bridgehead atoms. The zero-order chi connectivity index (χ0) is 13.3. The lowest BCUT2D eigenvalue weighted by Crippen LogP contribution is -2.16. The molecule has 0 aromatic carbocycles. The van der Waals surface area contributed by atoms with E-state index in [2.05, 4.69) is 15.3 Å². The summed E-state index contributed by atoms with van der Waals surface area (Å²) in [5.74, 6) is 0. The molecule has 0 aliphatic rings. The van der Waals surface area contributed by atoms with Gasteiger partial charge in [0.2, 0.25) is 0 Å². The lowest BCUT2D eigenvalue weighted by Gasteiger charge is -2.12. The monoisotopic (exact) mass is 293 g/mol. The van der Waals surface area contributed by atoms with Gasteiger partial charge in [-0.25, -0.2) is 9.97 Å². The van der Waals surface area contributed by atoms with E-state index in [4.69, 9.17) is 0 Å². The minimum Gasteiger partial charge on any atom is -0.308 e.